The van der Waals surface area contributed by atoms with Crippen molar-refractivity contribution in [3.05, 3.63) is 35.9 Å². The third-order valence-electron chi connectivity index (χ3n) is 5.32. The largest absolute Gasteiger partial charge is 0.445 e. The molecular formula is C20H29N3O3. The highest BCUT2D eigenvalue weighted by Crippen LogP contribution is 2.24. The molecule has 2 fully saturated rings. The number of rotatable bonds is 6. The molecule has 1 aromatic rings. The van der Waals surface area contributed by atoms with Gasteiger partial charge in [0.2, 0.25) is 5.91 Å². The molecule has 1 aliphatic carbocycles. The van der Waals surface area contributed by atoms with Gasteiger partial charge in [0, 0.05) is 12.6 Å². The minimum Gasteiger partial charge on any atom is -0.445 e. The Morgan fingerprint density at radius 1 is 1.08 bits per heavy atom. The Balaban J connectivity index is 1.29. The molecule has 2 aliphatic rings. The zero-order chi connectivity index (χ0) is 18.2. The lowest BCUT2D eigenvalue weighted by atomic mass is 9.86. The molecule has 1 atom stereocenters. The first-order valence-corrected chi connectivity index (χ1v) is 9.69. The van der Waals surface area contributed by atoms with Crippen molar-refractivity contribution in [2.75, 3.05) is 13.1 Å². The second kappa shape index (κ2) is 9.57. The molecule has 1 heterocycles. The molecule has 1 aromatic carbocycles. The van der Waals surface area contributed by atoms with Crippen molar-refractivity contribution in [3.8, 4) is 0 Å². The Labute approximate surface area is 155 Å². The molecule has 1 saturated heterocycles. The summed E-state index contributed by atoms with van der Waals surface area (Å²) in [6.07, 6.45) is 5.57. The fourth-order valence-corrected chi connectivity index (χ4v) is 3.72. The van der Waals surface area contributed by atoms with Crippen LogP contribution >= 0.6 is 0 Å². The van der Waals surface area contributed by atoms with Gasteiger partial charge in [-0.2, -0.15) is 0 Å². The third-order valence-corrected chi connectivity index (χ3v) is 5.32. The average molecular weight is 359 g/mol. The van der Waals surface area contributed by atoms with Crippen LogP contribution in [0.15, 0.2) is 30.3 Å². The maximum Gasteiger partial charge on any atom is 0.407 e. The van der Waals surface area contributed by atoms with Gasteiger partial charge in [0.1, 0.15) is 6.61 Å². The van der Waals surface area contributed by atoms with Crippen LogP contribution in [0.5, 0.6) is 0 Å². The van der Waals surface area contributed by atoms with Crippen molar-refractivity contribution in [1.29, 1.82) is 0 Å². The van der Waals surface area contributed by atoms with Gasteiger partial charge >= 0.3 is 6.09 Å². The molecule has 26 heavy (non-hydrogen) atoms. The monoisotopic (exact) mass is 359 g/mol. The first-order chi connectivity index (χ1) is 12.7. The van der Waals surface area contributed by atoms with Crippen LogP contribution in [-0.4, -0.2) is 37.2 Å². The highest BCUT2D eigenvalue weighted by atomic mass is 16.5. The summed E-state index contributed by atoms with van der Waals surface area (Å²) in [5, 5.41) is 9.26. The van der Waals surface area contributed by atoms with Crippen molar-refractivity contribution in [2.45, 2.75) is 57.2 Å². The summed E-state index contributed by atoms with van der Waals surface area (Å²) in [6, 6.07) is 9.84. The van der Waals surface area contributed by atoms with E-state index in [2.05, 4.69) is 16.0 Å². The van der Waals surface area contributed by atoms with Crippen LogP contribution in [0.4, 0.5) is 4.79 Å². The topological polar surface area (TPSA) is 79.5 Å². The van der Waals surface area contributed by atoms with Crippen molar-refractivity contribution < 1.29 is 14.3 Å². The van der Waals surface area contributed by atoms with E-state index in [1.54, 1.807) is 0 Å². The van der Waals surface area contributed by atoms with E-state index in [9.17, 15) is 9.59 Å². The SMILES string of the molecule is O=C(NC1CCC(CNC(=O)[C@@H]2CCCN2)CC1)OCc1ccccc1. The number of carbonyl (C=O) groups is 2. The first kappa shape index (κ1) is 18.7. The van der Waals surface area contributed by atoms with E-state index >= 15 is 0 Å². The second-order valence-electron chi connectivity index (χ2n) is 7.32. The summed E-state index contributed by atoms with van der Waals surface area (Å²) in [5.74, 6) is 0.631. The molecule has 2 amide bonds. The van der Waals surface area contributed by atoms with E-state index < -0.39 is 0 Å². The highest BCUT2D eigenvalue weighted by molar-refractivity contribution is 5.81. The van der Waals surface area contributed by atoms with Crippen LogP contribution in [-0.2, 0) is 16.1 Å². The van der Waals surface area contributed by atoms with Gasteiger partial charge in [0.25, 0.3) is 0 Å². The van der Waals surface area contributed by atoms with Crippen LogP contribution in [0, 0.1) is 5.92 Å². The number of benzene rings is 1. The van der Waals surface area contributed by atoms with Crippen molar-refractivity contribution in [2.24, 2.45) is 5.92 Å². The average Bonchev–Trinajstić information content (AvgIpc) is 3.21. The van der Waals surface area contributed by atoms with E-state index in [1.165, 1.54) is 0 Å². The number of carbonyl (C=O) groups excluding carboxylic acids is 2. The molecule has 0 radical (unpaired) electrons. The number of amides is 2. The molecule has 6 heteroatoms. The lowest BCUT2D eigenvalue weighted by molar-refractivity contribution is -0.123. The molecule has 6 nitrogen and oxygen atoms in total. The zero-order valence-corrected chi connectivity index (χ0v) is 15.2. The summed E-state index contributed by atoms with van der Waals surface area (Å²) in [7, 11) is 0. The van der Waals surface area contributed by atoms with Gasteiger partial charge < -0.3 is 20.7 Å². The Morgan fingerprint density at radius 3 is 2.54 bits per heavy atom. The van der Waals surface area contributed by atoms with E-state index in [4.69, 9.17) is 4.74 Å². The molecule has 0 aromatic heterocycles. The second-order valence-corrected chi connectivity index (χ2v) is 7.32. The predicted molar refractivity (Wildman–Crippen MR) is 99.5 cm³/mol. The zero-order valence-electron chi connectivity index (χ0n) is 15.2. The molecule has 1 saturated carbocycles. The van der Waals surface area contributed by atoms with Crippen LogP contribution < -0.4 is 16.0 Å². The number of alkyl carbamates (subject to hydrolysis) is 1. The predicted octanol–water partition coefficient (Wildman–Crippen LogP) is 2.34. The Bertz CT molecular complexity index is 579. The minimum absolute atomic E-state index is 0.00705. The van der Waals surface area contributed by atoms with Gasteiger partial charge in [0.15, 0.2) is 0 Å². The summed E-state index contributed by atoms with van der Waals surface area (Å²) in [4.78, 5) is 24.0. The van der Waals surface area contributed by atoms with Crippen LogP contribution in [0.2, 0.25) is 0 Å². The van der Waals surface area contributed by atoms with Gasteiger partial charge in [-0.3, -0.25) is 4.79 Å². The molecular weight excluding hydrogens is 330 g/mol. The van der Waals surface area contributed by atoms with E-state index in [0.717, 1.165) is 57.2 Å². The molecule has 3 N–H and O–H groups in total. The van der Waals surface area contributed by atoms with Gasteiger partial charge in [0.05, 0.1) is 6.04 Å². The summed E-state index contributed by atoms with van der Waals surface area (Å²) < 4.78 is 5.28. The molecule has 0 unspecified atom stereocenters. The molecule has 0 bridgehead atoms. The summed E-state index contributed by atoms with van der Waals surface area (Å²) in [6.45, 7) is 1.97. The van der Waals surface area contributed by atoms with Crippen molar-refractivity contribution in [3.63, 3.8) is 0 Å². The van der Waals surface area contributed by atoms with Gasteiger partial charge in [-0.25, -0.2) is 4.79 Å². The number of hydrogen-bond donors (Lipinski definition) is 3. The summed E-state index contributed by atoms with van der Waals surface area (Å²) in [5.41, 5.74) is 0.985. The maximum absolute atomic E-state index is 12.0. The fourth-order valence-electron chi connectivity index (χ4n) is 3.72. The quantitative estimate of drug-likeness (QED) is 0.728. The Kier molecular flexibility index (Phi) is 6.89. The molecule has 0 spiro atoms. The highest BCUT2D eigenvalue weighted by Gasteiger charge is 2.25. The van der Waals surface area contributed by atoms with E-state index in [0.29, 0.717) is 12.5 Å². The smallest absolute Gasteiger partial charge is 0.407 e. The maximum atomic E-state index is 12.0. The van der Waals surface area contributed by atoms with Crippen LogP contribution in [0.25, 0.3) is 0 Å². The number of ether oxygens (including phenoxy) is 1. The van der Waals surface area contributed by atoms with E-state index in [1.807, 2.05) is 30.3 Å². The lowest BCUT2D eigenvalue weighted by Gasteiger charge is -2.29. The first-order valence-electron chi connectivity index (χ1n) is 9.69. The van der Waals surface area contributed by atoms with Crippen molar-refractivity contribution in [1.82, 2.24) is 16.0 Å². The van der Waals surface area contributed by atoms with Crippen LogP contribution in [0.1, 0.15) is 44.1 Å². The Morgan fingerprint density at radius 2 is 1.85 bits per heavy atom. The van der Waals surface area contributed by atoms with Gasteiger partial charge in [-0.15, -0.1) is 0 Å². The standard InChI is InChI=1S/C20H29N3O3/c24-19(18-7-4-12-21-18)22-13-15-8-10-17(11-9-15)23-20(25)26-14-16-5-2-1-3-6-16/h1-3,5-6,15,17-18,21H,4,7-14H2,(H,22,24)(H,23,25)/t15?,17?,18-/m0/s1. The lowest BCUT2D eigenvalue weighted by Crippen LogP contribution is -2.44. The van der Waals surface area contributed by atoms with Gasteiger partial charge in [-0.1, -0.05) is 30.3 Å². The normalized spacial score (nSPS) is 25.5. The minimum atomic E-state index is -0.349. The Hall–Kier alpha value is -2.08. The summed E-state index contributed by atoms with van der Waals surface area (Å²) >= 11 is 0. The number of hydrogen-bond acceptors (Lipinski definition) is 4. The fraction of sp³-hybridized carbons (Fsp3) is 0.600. The molecule has 1 aliphatic heterocycles. The third kappa shape index (κ3) is 5.73. The van der Waals surface area contributed by atoms with Crippen LogP contribution in [0.3, 0.4) is 0 Å². The molecule has 142 valence electrons. The van der Waals surface area contributed by atoms with Gasteiger partial charge in [-0.05, 0) is 56.6 Å². The number of nitrogens with one attached hydrogen (secondary N) is 3. The van der Waals surface area contributed by atoms with E-state index in [-0.39, 0.29) is 24.1 Å². The van der Waals surface area contributed by atoms with Crippen molar-refractivity contribution >= 4 is 12.0 Å². The molecule has 3 rings (SSSR count).